The Hall–Kier alpha value is -4.85. The van der Waals surface area contributed by atoms with Gasteiger partial charge in [-0.3, -0.25) is 9.59 Å². The summed E-state index contributed by atoms with van der Waals surface area (Å²) < 4.78 is 17.0. The van der Waals surface area contributed by atoms with E-state index >= 15 is 0 Å². The zero-order chi connectivity index (χ0) is 25.4. The summed E-state index contributed by atoms with van der Waals surface area (Å²) in [4.78, 5) is 33.1. The van der Waals surface area contributed by atoms with Crippen LogP contribution >= 0.6 is 0 Å². The maximum Gasteiger partial charge on any atom is 0.277 e. The van der Waals surface area contributed by atoms with E-state index in [1.165, 1.54) is 13.4 Å². The first-order valence-electron chi connectivity index (χ1n) is 11.7. The molecular formula is C29H22N2O6. The van der Waals surface area contributed by atoms with Crippen molar-refractivity contribution in [2.75, 3.05) is 12.4 Å². The van der Waals surface area contributed by atoms with Crippen LogP contribution in [0.5, 0.6) is 11.5 Å². The molecule has 8 nitrogen and oxygen atoms in total. The zero-order valence-corrected chi connectivity index (χ0v) is 19.8. The minimum Gasteiger partial charge on any atom is -0.493 e. The lowest BCUT2D eigenvalue weighted by Gasteiger charge is -2.26. The summed E-state index contributed by atoms with van der Waals surface area (Å²) in [5.74, 6) is -0.888. The number of ketones is 1. The predicted molar refractivity (Wildman–Crippen MR) is 135 cm³/mol. The van der Waals surface area contributed by atoms with Gasteiger partial charge in [0.05, 0.1) is 13.4 Å². The van der Waals surface area contributed by atoms with Gasteiger partial charge < -0.3 is 24.0 Å². The van der Waals surface area contributed by atoms with Crippen LogP contribution in [0.2, 0.25) is 0 Å². The molecular weight excluding hydrogens is 472 g/mol. The number of benzene rings is 3. The van der Waals surface area contributed by atoms with Crippen molar-refractivity contribution < 1.29 is 28.3 Å². The summed E-state index contributed by atoms with van der Waals surface area (Å²) in [5, 5.41) is 7.13. The van der Waals surface area contributed by atoms with Gasteiger partial charge in [-0.15, -0.1) is 0 Å². The van der Waals surface area contributed by atoms with Crippen molar-refractivity contribution >= 4 is 23.1 Å². The minimum atomic E-state index is -1.66. The molecule has 0 saturated carbocycles. The maximum absolute atomic E-state index is 13.8. The number of hydrogen-bond acceptors (Lipinski definition) is 7. The first-order chi connectivity index (χ1) is 18.1. The molecule has 0 fully saturated rings. The number of ether oxygens (including phenoxy) is 2. The summed E-state index contributed by atoms with van der Waals surface area (Å²) in [7, 11) is 1.54. The number of furan rings is 1. The maximum atomic E-state index is 13.8. The van der Waals surface area contributed by atoms with E-state index in [-0.39, 0.29) is 5.76 Å². The summed E-state index contributed by atoms with van der Waals surface area (Å²) in [6, 6.07) is 25.3. The third-order valence-electron chi connectivity index (χ3n) is 6.60. The van der Waals surface area contributed by atoms with Crippen molar-refractivity contribution in [2.45, 2.75) is 12.2 Å². The van der Waals surface area contributed by atoms with Gasteiger partial charge in [-0.1, -0.05) is 53.7 Å². The van der Waals surface area contributed by atoms with E-state index in [2.05, 4.69) is 10.5 Å². The molecule has 0 unspecified atom stereocenters. The predicted octanol–water partition coefficient (Wildman–Crippen LogP) is 4.95. The van der Waals surface area contributed by atoms with E-state index in [1.807, 2.05) is 30.3 Å². The molecule has 8 heteroatoms. The molecule has 1 amide bonds. The van der Waals surface area contributed by atoms with Gasteiger partial charge in [0.2, 0.25) is 5.78 Å². The normalized spacial score (nSPS) is 19.6. The van der Waals surface area contributed by atoms with E-state index in [9.17, 15) is 9.59 Å². The molecule has 37 heavy (non-hydrogen) atoms. The molecule has 1 spiro atoms. The van der Waals surface area contributed by atoms with Crippen molar-refractivity contribution in [3.8, 4) is 11.5 Å². The molecule has 2 aliphatic rings. The van der Waals surface area contributed by atoms with E-state index in [4.69, 9.17) is 18.7 Å². The van der Waals surface area contributed by atoms with Gasteiger partial charge in [0.15, 0.2) is 17.3 Å². The second kappa shape index (κ2) is 8.98. The van der Waals surface area contributed by atoms with Crippen molar-refractivity contribution in [1.29, 1.82) is 0 Å². The molecule has 0 radical (unpaired) electrons. The fraction of sp³-hybridized carbons (Fsp3) is 0.138. The molecule has 1 N–H and O–H groups in total. The molecule has 3 heterocycles. The first kappa shape index (κ1) is 22.6. The number of carbonyl (C=O) groups is 2. The Morgan fingerprint density at radius 1 is 1.00 bits per heavy atom. The van der Waals surface area contributed by atoms with Gasteiger partial charge in [-0.25, -0.2) is 0 Å². The van der Waals surface area contributed by atoms with Crippen LogP contribution in [0.25, 0.3) is 0 Å². The number of para-hydroxylation sites is 1. The Balaban J connectivity index is 1.39. The fourth-order valence-electron chi connectivity index (χ4n) is 4.82. The van der Waals surface area contributed by atoms with Crippen molar-refractivity contribution in [1.82, 2.24) is 0 Å². The van der Waals surface area contributed by atoms with Gasteiger partial charge >= 0.3 is 0 Å². The number of methoxy groups -OCH3 is 1. The lowest BCUT2D eigenvalue weighted by molar-refractivity contribution is -0.140. The number of carbonyl (C=O) groups excluding carboxylic acids is 2. The number of hydrogen-bond donors (Lipinski definition) is 1. The number of anilines is 1. The molecule has 3 aromatic carbocycles. The van der Waals surface area contributed by atoms with E-state index in [1.54, 1.807) is 54.6 Å². The van der Waals surface area contributed by atoms with Gasteiger partial charge in [0, 0.05) is 16.8 Å². The van der Waals surface area contributed by atoms with Crippen LogP contribution in [-0.4, -0.2) is 24.5 Å². The second-order valence-electron chi connectivity index (χ2n) is 8.72. The Morgan fingerprint density at radius 2 is 1.81 bits per heavy atom. The largest absolute Gasteiger partial charge is 0.493 e. The zero-order valence-electron chi connectivity index (χ0n) is 19.8. The molecule has 4 aromatic rings. The molecule has 0 bridgehead atoms. The number of oxime groups is 1. The van der Waals surface area contributed by atoms with Crippen LogP contribution in [0.4, 0.5) is 5.69 Å². The van der Waals surface area contributed by atoms with E-state index in [0.29, 0.717) is 40.6 Å². The van der Waals surface area contributed by atoms with Crippen LogP contribution < -0.4 is 14.8 Å². The van der Waals surface area contributed by atoms with E-state index < -0.39 is 23.2 Å². The lowest BCUT2D eigenvalue weighted by atomic mass is 9.75. The highest BCUT2D eigenvalue weighted by Crippen LogP contribution is 2.50. The quantitative estimate of drug-likeness (QED) is 0.365. The standard InChI is InChI=1S/C29H22N2O6/c1-34-24-16-19(13-14-22(24)36-17-18-8-3-2-4-9-18)26-25(27(32)23-12-7-15-35-23)29(37-31-26)20-10-5-6-11-21(20)30-28(29)33/h2-16,25H,17H2,1H3,(H,30,33)/t25-,29+/m1/s1. The van der Waals surface area contributed by atoms with Gasteiger partial charge in [0.1, 0.15) is 18.2 Å². The lowest BCUT2D eigenvalue weighted by Crippen LogP contribution is -2.46. The minimum absolute atomic E-state index is 0.106. The molecule has 0 aliphatic carbocycles. The van der Waals surface area contributed by atoms with Crippen LogP contribution in [0.1, 0.15) is 27.2 Å². The highest BCUT2D eigenvalue weighted by molar-refractivity contribution is 6.24. The Labute approximate surface area is 212 Å². The number of Topliss-reactive ketones (excluding diaryl/α,β-unsaturated/α-hetero) is 1. The van der Waals surface area contributed by atoms with Gasteiger partial charge in [-0.2, -0.15) is 0 Å². The number of nitrogens with one attached hydrogen (secondary N) is 1. The van der Waals surface area contributed by atoms with Crippen molar-refractivity contribution in [3.05, 3.63) is 114 Å². The molecule has 2 aliphatic heterocycles. The second-order valence-corrected chi connectivity index (χ2v) is 8.72. The topological polar surface area (TPSA) is 99.4 Å². The number of nitrogens with zero attached hydrogens (tertiary/aromatic N) is 1. The Morgan fingerprint density at radius 3 is 2.59 bits per heavy atom. The van der Waals surface area contributed by atoms with Gasteiger partial charge in [0.25, 0.3) is 11.5 Å². The fourth-order valence-corrected chi connectivity index (χ4v) is 4.82. The van der Waals surface area contributed by atoms with Crippen molar-refractivity contribution in [3.63, 3.8) is 0 Å². The molecule has 1 aromatic heterocycles. The Bertz CT molecular complexity index is 1510. The Kier molecular flexibility index (Phi) is 5.49. The molecule has 184 valence electrons. The van der Waals surface area contributed by atoms with Crippen molar-refractivity contribution in [2.24, 2.45) is 11.1 Å². The number of rotatable bonds is 7. The monoisotopic (exact) mass is 494 g/mol. The van der Waals surface area contributed by atoms with Gasteiger partial charge in [-0.05, 0) is 42.0 Å². The number of fused-ring (bicyclic) bond motifs is 2. The summed E-state index contributed by atoms with van der Waals surface area (Å²) in [5.41, 5.74) is 1.32. The average molecular weight is 495 g/mol. The van der Waals surface area contributed by atoms with Crippen LogP contribution in [0, 0.1) is 5.92 Å². The number of amides is 1. The third kappa shape index (κ3) is 3.65. The average Bonchev–Trinajstić information content (AvgIpc) is 3.67. The van der Waals surface area contributed by atoms with Crippen LogP contribution in [0.3, 0.4) is 0 Å². The van der Waals surface area contributed by atoms with Crippen LogP contribution in [-0.2, 0) is 21.8 Å². The summed E-state index contributed by atoms with van der Waals surface area (Å²) in [6.45, 7) is 0.361. The molecule has 6 rings (SSSR count). The SMILES string of the molecule is COc1cc(C2=NO[C@]3(C(=O)Nc4ccccc43)[C@H]2C(=O)c2ccco2)ccc1OCc1ccccc1. The summed E-state index contributed by atoms with van der Waals surface area (Å²) in [6.07, 6.45) is 1.41. The highest BCUT2D eigenvalue weighted by Gasteiger charge is 2.63. The van der Waals surface area contributed by atoms with E-state index in [0.717, 1.165) is 5.56 Å². The smallest absolute Gasteiger partial charge is 0.277 e. The third-order valence-corrected chi connectivity index (χ3v) is 6.60. The molecule has 2 atom stereocenters. The molecule has 0 saturated heterocycles. The first-order valence-corrected chi connectivity index (χ1v) is 11.7. The van der Waals surface area contributed by atoms with Crippen LogP contribution in [0.15, 0.2) is 101 Å². The highest BCUT2D eigenvalue weighted by atomic mass is 16.7. The summed E-state index contributed by atoms with van der Waals surface area (Å²) >= 11 is 0.